The molecule has 0 saturated carbocycles. The molecule has 0 unspecified atom stereocenters. The first-order valence-electron chi connectivity index (χ1n) is 4.65. The van der Waals surface area contributed by atoms with Crippen LogP contribution in [-0.4, -0.2) is 18.5 Å². The predicted molar refractivity (Wildman–Crippen MR) is 65.5 cm³/mol. The Balaban J connectivity index is 2.58. The van der Waals surface area contributed by atoms with E-state index in [1.807, 2.05) is 0 Å². The summed E-state index contributed by atoms with van der Waals surface area (Å²) < 4.78 is 25.1. The average molecular weight is 314 g/mol. The third kappa shape index (κ3) is 2.32. The number of halogens is 1. The van der Waals surface area contributed by atoms with Gasteiger partial charge in [-0.25, -0.2) is 8.42 Å². The highest BCUT2D eigenvalue weighted by Crippen LogP contribution is 2.27. The van der Waals surface area contributed by atoms with Gasteiger partial charge in [-0.3, -0.25) is 4.98 Å². The molecule has 6 heteroatoms. The molecule has 0 radical (unpaired) electrons. The number of hydrogen-bond donors (Lipinski definition) is 1. The van der Waals surface area contributed by atoms with Gasteiger partial charge >= 0.3 is 0 Å². The van der Waals surface area contributed by atoms with Gasteiger partial charge in [0.15, 0.2) is 0 Å². The molecule has 0 fully saturated rings. The monoisotopic (exact) mass is 313 g/mol. The van der Waals surface area contributed by atoms with Crippen LogP contribution in [0.4, 0.5) is 0 Å². The number of sulfone groups is 1. The van der Waals surface area contributed by atoms with Crippen LogP contribution in [0.1, 0.15) is 0 Å². The van der Waals surface area contributed by atoms with Crippen LogP contribution in [0.15, 0.2) is 57.0 Å². The van der Waals surface area contributed by atoms with Crippen molar-refractivity contribution in [2.75, 3.05) is 0 Å². The molecule has 1 aromatic carbocycles. The molecule has 0 amide bonds. The van der Waals surface area contributed by atoms with E-state index in [4.69, 9.17) is 0 Å². The first-order valence-corrected chi connectivity index (χ1v) is 6.93. The van der Waals surface area contributed by atoms with E-state index in [1.165, 1.54) is 24.4 Å². The minimum absolute atomic E-state index is 0.115. The highest BCUT2D eigenvalue weighted by atomic mass is 79.9. The SMILES string of the molecule is O=S(=O)(c1ccc(Br)cc1)c1cnccc1O. The van der Waals surface area contributed by atoms with Crippen molar-refractivity contribution in [1.82, 2.24) is 4.98 Å². The van der Waals surface area contributed by atoms with Gasteiger partial charge in [0.25, 0.3) is 0 Å². The molecule has 0 aliphatic heterocycles. The molecule has 0 aliphatic rings. The van der Waals surface area contributed by atoms with Gasteiger partial charge in [-0.1, -0.05) is 15.9 Å². The average Bonchev–Trinajstić information content (AvgIpc) is 2.30. The smallest absolute Gasteiger partial charge is 0.211 e. The highest BCUT2D eigenvalue weighted by molar-refractivity contribution is 9.10. The van der Waals surface area contributed by atoms with Gasteiger partial charge in [-0.05, 0) is 30.3 Å². The highest BCUT2D eigenvalue weighted by Gasteiger charge is 2.21. The Hall–Kier alpha value is -1.40. The maximum absolute atomic E-state index is 12.2. The number of hydrogen-bond acceptors (Lipinski definition) is 4. The van der Waals surface area contributed by atoms with Crippen molar-refractivity contribution in [1.29, 1.82) is 0 Å². The quantitative estimate of drug-likeness (QED) is 0.924. The van der Waals surface area contributed by atoms with Crippen LogP contribution in [0.25, 0.3) is 0 Å². The first-order chi connectivity index (χ1) is 8.01. The van der Waals surface area contributed by atoms with Gasteiger partial charge in [-0.15, -0.1) is 0 Å². The molecule has 0 atom stereocenters. The molecule has 1 N–H and O–H groups in total. The van der Waals surface area contributed by atoms with Crippen molar-refractivity contribution >= 4 is 25.8 Å². The lowest BCUT2D eigenvalue weighted by Gasteiger charge is -2.05. The third-order valence-corrected chi connectivity index (χ3v) is 4.49. The molecular formula is C11H8BrNO3S. The summed E-state index contributed by atoms with van der Waals surface area (Å²) in [5.74, 6) is -0.303. The number of aromatic nitrogens is 1. The van der Waals surface area contributed by atoms with Crippen LogP contribution in [-0.2, 0) is 9.84 Å². The van der Waals surface area contributed by atoms with Crippen LogP contribution >= 0.6 is 15.9 Å². The Labute approximate surface area is 107 Å². The summed E-state index contributed by atoms with van der Waals surface area (Å²) in [5.41, 5.74) is 0. The van der Waals surface area contributed by atoms with E-state index in [1.54, 1.807) is 12.1 Å². The summed E-state index contributed by atoms with van der Waals surface area (Å²) in [4.78, 5) is 3.63. The number of benzene rings is 1. The molecule has 1 aromatic heterocycles. The van der Waals surface area contributed by atoms with E-state index in [9.17, 15) is 13.5 Å². The molecule has 0 saturated heterocycles. The summed E-state index contributed by atoms with van der Waals surface area (Å²) in [6.07, 6.45) is 2.46. The van der Waals surface area contributed by atoms with Gasteiger partial charge in [0.05, 0.1) is 4.90 Å². The van der Waals surface area contributed by atoms with E-state index < -0.39 is 9.84 Å². The Morgan fingerprint density at radius 3 is 2.35 bits per heavy atom. The second-order valence-electron chi connectivity index (χ2n) is 3.30. The second-order valence-corrected chi connectivity index (χ2v) is 6.13. The van der Waals surface area contributed by atoms with Crippen LogP contribution in [0.2, 0.25) is 0 Å². The Morgan fingerprint density at radius 1 is 1.12 bits per heavy atom. The molecular weight excluding hydrogens is 306 g/mol. The van der Waals surface area contributed by atoms with Gasteiger partial charge in [0.2, 0.25) is 9.84 Å². The van der Waals surface area contributed by atoms with Crippen LogP contribution in [0.5, 0.6) is 5.75 Å². The summed E-state index contributed by atoms with van der Waals surface area (Å²) in [7, 11) is -3.72. The fourth-order valence-corrected chi connectivity index (χ4v) is 2.88. The summed E-state index contributed by atoms with van der Waals surface area (Å²) in [6, 6.07) is 7.42. The van der Waals surface area contributed by atoms with Crippen LogP contribution < -0.4 is 0 Å². The number of nitrogens with zero attached hydrogens (tertiary/aromatic N) is 1. The Kier molecular flexibility index (Phi) is 3.17. The molecule has 2 rings (SSSR count). The van der Waals surface area contributed by atoms with E-state index in [0.29, 0.717) is 0 Å². The summed E-state index contributed by atoms with van der Waals surface area (Å²) in [5, 5.41) is 9.53. The van der Waals surface area contributed by atoms with Crippen molar-refractivity contribution in [2.24, 2.45) is 0 Å². The minimum atomic E-state index is -3.72. The molecule has 1 heterocycles. The van der Waals surface area contributed by atoms with E-state index in [-0.39, 0.29) is 15.5 Å². The Morgan fingerprint density at radius 2 is 1.76 bits per heavy atom. The summed E-state index contributed by atoms with van der Waals surface area (Å²) in [6.45, 7) is 0. The topological polar surface area (TPSA) is 67.3 Å². The lowest BCUT2D eigenvalue weighted by atomic mass is 10.4. The minimum Gasteiger partial charge on any atom is -0.506 e. The number of rotatable bonds is 2. The van der Waals surface area contributed by atoms with Crippen molar-refractivity contribution < 1.29 is 13.5 Å². The molecule has 4 nitrogen and oxygen atoms in total. The summed E-state index contributed by atoms with van der Waals surface area (Å²) >= 11 is 3.23. The number of pyridine rings is 1. The fraction of sp³-hybridized carbons (Fsp3) is 0. The molecule has 0 bridgehead atoms. The van der Waals surface area contributed by atoms with Crippen molar-refractivity contribution in [3.63, 3.8) is 0 Å². The van der Waals surface area contributed by atoms with E-state index >= 15 is 0 Å². The van der Waals surface area contributed by atoms with Crippen LogP contribution in [0.3, 0.4) is 0 Å². The van der Waals surface area contributed by atoms with Gasteiger partial charge in [0.1, 0.15) is 10.6 Å². The van der Waals surface area contributed by atoms with Crippen molar-refractivity contribution in [2.45, 2.75) is 9.79 Å². The molecule has 17 heavy (non-hydrogen) atoms. The zero-order chi connectivity index (χ0) is 12.5. The van der Waals surface area contributed by atoms with E-state index in [0.717, 1.165) is 10.7 Å². The number of aromatic hydroxyl groups is 1. The maximum atomic E-state index is 12.2. The maximum Gasteiger partial charge on any atom is 0.211 e. The lowest BCUT2D eigenvalue weighted by molar-refractivity contribution is 0.457. The van der Waals surface area contributed by atoms with Gasteiger partial charge in [-0.2, -0.15) is 0 Å². The largest absolute Gasteiger partial charge is 0.506 e. The van der Waals surface area contributed by atoms with Gasteiger partial charge in [0, 0.05) is 16.9 Å². The Bertz CT molecular complexity index is 638. The molecule has 0 aliphatic carbocycles. The van der Waals surface area contributed by atoms with Crippen molar-refractivity contribution in [3.05, 3.63) is 47.2 Å². The van der Waals surface area contributed by atoms with Crippen LogP contribution in [0, 0.1) is 0 Å². The first kappa shape index (κ1) is 12.1. The normalized spacial score (nSPS) is 11.4. The zero-order valence-electron chi connectivity index (χ0n) is 8.54. The third-order valence-electron chi connectivity index (χ3n) is 2.18. The standard InChI is InChI=1S/C11H8BrNO3S/c12-8-1-3-9(4-2-8)17(15,16)11-7-13-6-5-10(11)14/h1-7H,(H,13,14). The molecule has 88 valence electrons. The van der Waals surface area contributed by atoms with E-state index in [2.05, 4.69) is 20.9 Å². The fourth-order valence-electron chi connectivity index (χ4n) is 1.32. The predicted octanol–water partition coefficient (Wildman–Crippen LogP) is 2.38. The lowest BCUT2D eigenvalue weighted by Crippen LogP contribution is -2.02. The second kappa shape index (κ2) is 4.46. The molecule has 0 spiro atoms. The van der Waals surface area contributed by atoms with Gasteiger partial charge < -0.3 is 5.11 Å². The molecule has 2 aromatic rings. The zero-order valence-corrected chi connectivity index (χ0v) is 10.9. The van der Waals surface area contributed by atoms with Crippen molar-refractivity contribution in [3.8, 4) is 5.75 Å².